The van der Waals surface area contributed by atoms with Crippen molar-refractivity contribution in [2.24, 2.45) is 5.92 Å². The highest BCUT2D eigenvalue weighted by molar-refractivity contribution is 7.79. The molecule has 0 spiro atoms. The second-order valence-electron chi connectivity index (χ2n) is 12.5. The topological polar surface area (TPSA) is 0 Å². The number of hydrogen-bond donors (Lipinski definition) is 0. The highest BCUT2D eigenvalue weighted by atomic mass is 31.1. The van der Waals surface area contributed by atoms with E-state index in [1.54, 1.807) is 10.9 Å². The average molecular weight is 555 g/mol. The van der Waals surface area contributed by atoms with Gasteiger partial charge >= 0.3 is 0 Å². The predicted octanol–water partition coefficient (Wildman–Crippen LogP) is 9.86. The monoisotopic (exact) mass is 554 g/mol. The summed E-state index contributed by atoms with van der Waals surface area (Å²) >= 11 is 0. The van der Waals surface area contributed by atoms with Crippen LogP contribution in [0.25, 0.3) is 0 Å². The zero-order valence-electron chi connectivity index (χ0n) is 24.1. The lowest BCUT2D eigenvalue weighted by atomic mass is 9.87. The summed E-state index contributed by atoms with van der Waals surface area (Å²) in [7, 11) is -0.449. The van der Waals surface area contributed by atoms with E-state index in [1.807, 2.05) is 0 Å². The van der Waals surface area contributed by atoms with E-state index in [2.05, 4.69) is 91.9 Å². The molecular formula is C37H48P2. The molecule has 0 aromatic heterocycles. The molecule has 3 aliphatic rings. The molecule has 3 aromatic carbocycles. The quantitative estimate of drug-likeness (QED) is 0.243. The molecule has 3 saturated carbocycles. The molecule has 0 saturated heterocycles. The van der Waals surface area contributed by atoms with E-state index < -0.39 is 7.92 Å². The molecule has 3 aromatic rings. The molecule has 0 bridgehead atoms. The summed E-state index contributed by atoms with van der Waals surface area (Å²) in [4.78, 5) is 0. The molecule has 206 valence electrons. The van der Waals surface area contributed by atoms with Crippen molar-refractivity contribution >= 4 is 31.8 Å². The number of benzene rings is 3. The van der Waals surface area contributed by atoms with Gasteiger partial charge < -0.3 is 0 Å². The first-order chi connectivity index (χ1) is 19.3. The molecule has 3 fully saturated rings. The van der Waals surface area contributed by atoms with Crippen molar-refractivity contribution in [3.05, 3.63) is 90.5 Å². The third-order valence-electron chi connectivity index (χ3n) is 10.3. The van der Waals surface area contributed by atoms with Gasteiger partial charge in [-0.1, -0.05) is 145 Å². The molecular weight excluding hydrogens is 506 g/mol. The van der Waals surface area contributed by atoms with Crippen molar-refractivity contribution < 1.29 is 0 Å². The highest BCUT2D eigenvalue weighted by Crippen LogP contribution is 2.63. The van der Waals surface area contributed by atoms with Crippen molar-refractivity contribution in [1.82, 2.24) is 0 Å². The van der Waals surface area contributed by atoms with Crippen LogP contribution in [0, 0.1) is 5.92 Å². The Hall–Kier alpha value is -1.48. The van der Waals surface area contributed by atoms with E-state index in [-0.39, 0.29) is 7.92 Å². The van der Waals surface area contributed by atoms with Crippen molar-refractivity contribution in [3.63, 3.8) is 0 Å². The first-order valence-corrected chi connectivity index (χ1v) is 19.0. The van der Waals surface area contributed by atoms with Gasteiger partial charge in [0.25, 0.3) is 0 Å². The molecule has 3 aliphatic carbocycles. The van der Waals surface area contributed by atoms with E-state index >= 15 is 0 Å². The van der Waals surface area contributed by atoms with E-state index in [1.165, 1.54) is 94.1 Å². The Morgan fingerprint density at radius 1 is 0.538 bits per heavy atom. The largest absolute Gasteiger partial charge is 0.0971 e. The fraction of sp³-hybridized carbons (Fsp3) is 0.514. The maximum Gasteiger partial charge on any atom is -0.0116 e. The van der Waals surface area contributed by atoms with Crippen LogP contribution in [0.1, 0.15) is 102 Å². The minimum atomic E-state index is -0.556. The molecule has 0 aliphatic heterocycles. The zero-order chi connectivity index (χ0) is 26.4. The summed E-state index contributed by atoms with van der Waals surface area (Å²) in [6, 6.07) is 32.4. The molecule has 39 heavy (non-hydrogen) atoms. The van der Waals surface area contributed by atoms with Crippen LogP contribution in [0.5, 0.6) is 0 Å². The Bertz CT molecular complexity index is 1090. The first kappa shape index (κ1) is 27.7. The molecule has 0 amide bonds. The summed E-state index contributed by atoms with van der Waals surface area (Å²) in [6.07, 6.45) is 19.4. The average Bonchev–Trinajstić information content (AvgIpc) is 3.50. The maximum absolute atomic E-state index is 2.75. The molecule has 0 radical (unpaired) electrons. The van der Waals surface area contributed by atoms with E-state index in [4.69, 9.17) is 0 Å². The van der Waals surface area contributed by atoms with Crippen LogP contribution in [0.3, 0.4) is 0 Å². The van der Waals surface area contributed by atoms with E-state index in [9.17, 15) is 0 Å². The molecule has 0 N–H and O–H groups in total. The lowest BCUT2D eigenvalue weighted by Crippen LogP contribution is -2.32. The summed E-state index contributed by atoms with van der Waals surface area (Å²) in [5.74, 6) is 1.59. The Morgan fingerprint density at radius 2 is 1.05 bits per heavy atom. The normalized spacial score (nSPS) is 23.9. The lowest BCUT2D eigenvalue weighted by molar-refractivity contribution is 0.446. The maximum atomic E-state index is 2.75. The molecule has 2 heteroatoms. The SMILES string of the molecule is CC(C1CCC[C@@H]1c1ccccc1P(c1ccccc1)c1ccccc1)P(C1CCCCC1)C1CCCCC1. The van der Waals surface area contributed by atoms with Gasteiger partial charge in [-0.3, -0.25) is 0 Å². The van der Waals surface area contributed by atoms with Gasteiger partial charge in [-0.2, -0.15) is 0 Å². The Kier molecular flexibility index (Phi) is 9.55. The van der Waals surface area contributed by atoms with Crippen LogP contribution in [-0.2, 0) is 0 Å². The van der Waals surface area contributed by atoms with Gasteiger partial charge in [-0.25, -0.2) is 0 Å². The van der Waals surface area contributed by atoms with Gasteiger partial charge in [-0.15, -0.1) is 0 Å². The van der Waals surface area contributed by atoms with Crippen LogP contribution < -0.4 is 15.9 Å². The van der Waals surface area contributed by atoms with E-state index in [0.717, 1.165) is 28.8 Å². The first-order valence-electron chi connectivity index (χ1n) is 16.1. The zero-order valence-corrected chi connectivity index (χ0v) is 25.8. The molecule has 0 heterocycles. The minimum absolute atomic E-state index is 0.106. The summed E-state index contributed by atoms with van der Waals surface area (Å²) in [5, 5.41) is 4.59. The Balaban J connectivity index is 1.36. The Labute approximate surface area is 240 Å². The van der Waals surface area contributed by atoms with Gasteiger partial charge in [0.05, 0.1) is 0 Å². The Morgan fingerprint density at radius 3 is 1.62 bits per heavy atom. The smallest absolute Gasteiger partial charge is 0.0116 e. The van der Waals surface area contributed by atoms with Crippen LogP contribution in [0.4, 0.5) is 0 Å². The van der Waals surface area contributed by atoms with Crippen LogP contribution in [-0.4, -0.2) is 17.0 Å². The second-order valence-corrected chi connectivity index (χ2v) is 17.9. The van der Waals surface area contributed by atoms with Crippen LogP contribution >= 0.6 is 15.8 Å². The summed E-state index contributed by atoms with van der Waals surface area (Å²) in [5.41, 5.74) is 4.70. The van der Waals surface area contributed by atoms with Crippen molar-refractivity contribution in [3.8, 4) is 0 Å². The lowest BCUT2D eigenvalue weighted by Gasteiger charge is -2.45. The fourth-order valence-corrected chi connectivity index (χ4v) is 15.7. The van der Waals surface area contributed by atoms with Crippen molar-refractivity contribution in [2.45, 2.75) is 113 Å². The van der Waals surface area contributed by atoms with Gasteiger partial charge in [0.1, 0.15) is 0 Å². The molecule has 2 unspecified atom stereocenters. The second kappa shape index (κ2) is 13.5. The third-order valence-corrected chi connectivity index (χ3v) is 16.8. The molecule has 6 rings (SSSR count). The molecule has 0 nitrogen and oxygen atoms in total. The van der Waals surface area contributed by atoms with Crippen molar-refractivity contribution in [2.75, 3.05) is 0 Å². The van der Waals surface area contributed by atoms with Gasteiger partial charge in [0.15, 0.2) is 0 Å². The number of rotatable bonds is 8. The predicted molar refractivity (Wildman–Crippen MR) is 175 cm³/mol. The van der Waals surface area contributed by atoms with Crippen molar-refractivity contribution in [1.29, 1.82) is 0 Å². The summed E-state index contributed by atoms with van der Waals surface area (Å²) in [6.45, 7) is 2.75. The number of hydrogen-bond acceptors (Lipinski definition) is 0. The van der Waals surface area contributed by atoms with Gasteiger partial charge in [0.2, 0.25) is 0 Å². The molecule has 3 atom stereocenters. The van der Waals surface area contributed by atoms with E-state index in [0.29, 0.717) is 0 Å². The van der Waals surface area contributed by atoms with Gasteiger partial charge in [-0.05, 0) is 96.7 Å². The standard InChI is InChI=1S/C37H48P2/c1-29(38(30-17-6-2-7-18-30)31-19-8-3-9-20-31)34-26-16-27-35(34)36-25-14-15-28-37(36)39(32-21-10-4-11-22-32)33-23-12-5-13-24-33/h4-5,10-15,21-25,28-31,34-35H,2-3,6-9,16-20,26-27H2,1H3/t29?,34?,35-/m0/s1. The fourth-order valence-electron chi connectivity index (χ4n) is 8.48. The highest BCUT2D eigenvalue weighted by Gasteiger charge is 2.42. The van der Waals surface area contributed by atoms with Crippen LogP contribution in [0.2, 0.25) is 0 Å². The summed E-state index contributed by atoms with van der Waals surface area (Å²) < 4.78 is 0. The minimum Gasteiger partial charge on any atom is -0.0971 e. The van der Waals surface area contributed by atoms with Crippen LogP contribution in [0.15, 0.2) is 84.9 Å². The third kappa shape index (κ3) is 6.24. The van der Waals surface area contributed by atoms with Gasteiger partial charge in [0, 0.05) is 0 Å².